The van der Waals surface area contributed by atoms with Gasteiger partial charge in [-0.05, 0) is 19.3 Å². The standard InChI is InChI=1S/C9H15NS2/c10-7-3-4-8-11-12-9-5-1-2-6-9/h9H,1-6,8H2. The van der Waals surface area contributed by atoms with Crippen molar-refractivity contribution >= 4 is 21.6 Å². The fraction of sp³-hybridized carbons (Fsp3) is 0.889. The van der Waals surface area contributed by atoms with E-state index in [1.165, 1.54) is 25.7 Å². The molecule has 1 nitrogen and oxygen atoms in total. The van der Waals surface area contributed by atoms with Gasteiger partial charge >= 0.3 is 0 Å². The lowest BCUT2D eigenvalue weighted by Crippen LogP contribution is -1.90. The minimum atomic E-state index is 0.720. The average molecular weight is 201 g/mol. The number of hydrogen-bond donors (Lipinski definition) is 0. The zero-order chi connectivity index (χ0) is 8.65. The minimum Gasteiger partial charge on any atom is -0.198 e. The Morgan fingerprint density at radius 2 is 2.08 bits per heavy atom. The van der Waals surface area contributed by atoms with E-state index in [0.717, 1.165) is 23.8 Å². The third-order valence-electron chi connectivity index (χ3n) is 2.02. The van der Waals surface area contributed by atoms with E-state index >= 15 is 0 Å². The summed E-state index contributed by atoms with van der Waals surface area (Å²) >= 11 is 0. The van der Waals surface area contributed by atoms with Crippen LogP contribution in [0.25, 0.3) is 0 Å². The lowest BCUT2D eigenvalue weighted by atomic mass is 10.4. The van der Waals surface area contributed by atoms with Crippen LogP contribution in [-0.2, 0) is 0 Å². The van der Waals surface area contributed by atoms with Crippen LogP contribution >= 0.6 is 21.6 Å². The smallest absolute Gasteiger partial charge is 0.0622 e. The molecule has 68 valence electrons. The normalized spacial score (nSPS) is 17.9. The van der Waals surface area contributed by atoms with Crippen molar-refractivity contribution in [2.24, 2.45) is 0 Å². The Morgan fingerprint density at radius 3 is 2.75 bits per heavy atom. The van der Waals surface area contributed by atoms with Crippen molar-refractivity contribution in [1.82, 2.24) is 0 Å². The fourth-order valence-electron chi connectivity index (χ4n) is 1.34. The van der Waals surface area contributed by atoms with E-state index < -0.39 is 0 Å². The van der Waals surface area contributed by atoms with Crippen LogP contribution < -0.4 is 0 Å². The molecule has 0 atom stereocenters. The maximum Gasteiger partial charge on any atom is 0.0622 e. The topological polar surface area (TPSA) is 23.8 Å². The Hall–Kier alpha value is 0.190. The molecule has 0 bridgehead atoms. The zero-order valence-electron chi connectivity index (χ0n) is 7.29. The lowest BCUT2D eigenvalue weighted by molar-refractivity contribution is 0.886. The number of hydrogen-bond acceptors (Lipinski definition) is 3. The highest BCUT2D eigenvalue weighted by molar-refractivity contribution is 8.76. The molecular formula is C9H15NS2. The van der Waals surface area contributed by atoms with E-state index in [1.54, 1.807) is 0 Å². The van der Waals surface area contributed by atoms with E-state index in [0.29, 0.717) is 0 Å². The zero-order valence-corrected chi connectivity index (χ0v) is 8.92. The predicted octanol–water partition coefficient (Wildman–Crippen LogP) is 3.61. The van der Waals surface area contributed by atoms with E-state index in [1.807, 2.05) is 21.6 Å². The van der Waals surface area contributed by atoms with E-state index in [2.05, 4.69) is 6.07 Å². The maximum absolute atomic E-state index is 8.31. The van der Waals surface area contributed by atoms with E-state index in [9.17, 15) is 0 Å². The number of unbranched alkanes of at least 4 members (excludes halogenated alkanes) is 1. The van der Waals surface area contributed by atoms with Crippen molar-refractivity contribution < 1.29 is 0 Å². The summed E-state index contributed by atoms with van der Waals surface area (Å²) in [5.41, 5.74) is 0. The van der Waals surface area contributed by atoms with Crippen LogP contribution in [0.15, 0.2) is 0 Å². The second-order valence-corrected chi connectivity index (χ2v) is 5.87. The number of nitriles is 1. The highest BCUT2D eigenvalue weighted by Gasteiger charge is 2.14. The molecule has 0 spiro atoms. The summed E-state index contributed by atoms with van der Waals surface area (Å²) in [5, 5.41) is 9.23. The summed E-state index contributed by atoms with van der Waals surface area (Å²) in [7, 11) is 4.00. The van der Waals surface area contributed by atoms with Crippen LogP contribution in [0, 0.1) is 11.3 Å². The summed E-state index contributed by atoms with van der Waals surface area (Å²) in [6.07, 6.45) is 7.46. The molecule has 0 unspecified atom stereocenters. The molecular weight excluding hydrogens is 186 g/mol. The third-order valence-corrected chi connectivity index (χ3v) is 5.08. The van der Waals surface area contributed by atoms with Gasteiger partial charge < -0.3 is 0 Å². The molecule has 0 aromatic heterocycles. The largest absolute Gasteiger partial charge is 0.198 e. The molecule has 1 aliphatic rings. The SMILES string of the molecule is N#CCCCSSC1CCCC1. The van der Waals surface area contributed by atoms with E-state index in [-0.39, 0.29) is 0 Å². The molecule has 0 N–H and O–H groups in total. The fourth-order valence-corrected chi connectivity index (χ4v) is 4.21. The molecule has 1 aliphatic carbocycles. The molecule has 0 aromatic carbocycles. The van der Waals surface area contributed by atoms with Gasteiger partial charge in [0.25, 0.3) is 0 Å². The van der Waals surface area contributed by atoms with Gasteiger partial charge in [-0.3, -0.25) is 0 Å². The lowest BCUT2D eigenvalue weighted by Gasteiger charge is -2.05. The summed E-state index contributed by atoms with van der Waals surface area (Å²) < 4.78 is 0. The minimum absolute atomic E-state index is 0.720. The van der Waals surface area contributed by atoms with E-state index in [4.69, 9.17) is 5.26 Å². The Kier molecular flexibility index (Phi) is 5.72. The Bertz CT molecular complexity index is 147. The van der Waals surface area contributed by atoms with Gasteiger partial charge in [0.05, 0.1) is 6.07 Å². The Morgan fingerprint density at radius 1 is 1.33 bits per heavy atom. The molecule has 0 heterocycles. The molecule has 1 fully saturated rings. The van der Waals surface area contributed by atoms with Crippen molar-refractivity contribution in [3.8, 4) is 6.07 Å². The van der Waals surface area contributed by atoms with Crippen LogP contribution in [0.3, 0.4) is 0 Å². The monoisotopic (exact) mass is 201 g/mol. The van der Waals surface area contributed by atoms with Crippen molar-refractivity contribution in [1.29, 1.82) is 5.26 Å². The third kappa shape index (κ3) is 4.27. The molecule has 0 aromatic rings. The average Bonchev–Trinajstić information content (AvgIpc) is 2.57. The van der Waals surface area contributed by atoms with Gasteiger partial charge in [-0.15, -0.1) is 0 Å². The van der Waals surface area contributed by atoms with Crippen molar-refractivity contribution in [3.63, 3.8) is 0 Å². The second-order valence-electron chi connectivity index (χ2n) is 3.09. The van der Waals surface area contributed by atoms with Crippen LogP contribution in [0.5, 0.6) is 0 Å². The molecule has 1 rings (SSSR count). The van der Waals surface area contributed by atoms with Crippen molar-refractivity contribution in [2.45, 2.75) is 43.8 Å². The van der Waals surface area contributed by atoms with Gasteiger partial charge in [-0.1, -0.05) is 34.4 Å². The Balaban J connectivity index is 1.85. The number of rotatable bonds is 5. The Labute approximate surface area is 82.7 Å². The van der Waals surface area contributed by atoms with Crippen molar-refractivity contribution in [2.75, 3.05) is 5.75 Å². The van der Waals surface area contributed by atoms with Crippen LogP contribution in [0.2, 0.25) is 0 Å². The van der Waals surface area contributed by atoms with Gasteiger partial charge in [0.15, 0.2) is 0 Å². The highest BCUT2D eigenvalue weighted by atomic mass is 33.1. The van der Waals surface area contributed by atoms with Crippen LogP contribution in [-0.4, -0.2) is 11.0 Å². The quantitative estimate of drug-likeness (QED) is 0.501. The van der Waals surface area contributed by atoms with Gasteiger partial charge in [0.1, 0.15) is 0 Å². The first kappa shape index (κ1) is 10.3. The van der Waals surface area contributed by atoms with Gasteiger partial charge in [-0.2, -0.15) is 5.26 Å². The first-order valence-electron chi connectivity index (χ1n) is 4.58. The second kappa shape index (κ2) is 6.68. The number of nitrogens with zero attached hydrogens (tertiary/aromatic N) is 1. The molecule has 0 amide bonds. The van der Waals surface area contributed by atoms with Crippen LogP contribution in [0.4, 0.5) is 0 Å². The summed E-state index contributed by atoms with van der Waals surface area (Å²) in [6.45, 7) is 0. The summed E-state index contributed by atoms with van der Waals surface area (Å²) in [4.78, 5) is 0. The highest BCUT2D eigenvalue weighted by Crippen LogP contribution is 2.37. The van der Waals surface area contributed by atoms with Gasteiger partial charge in [0, 0.05) is 17.4 Å². The summed E-state index contributed by atoms with van der Waals surface area (Å²) in [5.74, 6) is 1.15. The van der Waals surface area contributed by atoms with Gasteiger partial charge in [0.2, 0.25) is 0 Å². The molecule has 0 saturated heterocycles. The molecule has 0 aliphatic heterocycles. The first-order chi connectivity index (χ1) is 5.93. The van der Waals surface area contributed by atoms with Gasteiger partial charge in [-0.25, -0.2) is 0 Å². The molecule has 3 heteroatoms. The molecule has 1 saturated carbocycles. The van der Waals surface area contributed by atoms with Crippen molar-refractivity contribution in [3.05, 3.63) is 0 Å². The summed E-state index contributed by atoms with van der Waals surface area (Å²) in [6, 6.07) is 2.17. The maximum atomic E-state index is 8.31. The van der Waals surface area contributed by atoms with Crippen LogP contribution in [0.1, 0.15) is 38.5 Å². The molecule has 12 heavy (non-hydrogen) atoms. The predicted molar refractivity (Wildman–Crippen MR) is 57.2 cm³/mol. The first-order valence-corrected chi connectivity index (χ1v) is 6.97. The molecule has 0 radical (unpaired) electrons.